The van der Waals surface area contributed by atoms with Gasteiger partial charge in [-0.2, -0.15) is 0 Å². The lowest BCUT2D eigenvalue weighted by Crippen LogP contribution is -2.07. The second kappa shape index (κ2) is 6.92. The largest absolute Gasteiger partial charge is 0.507 e. The molecule has 0 atom stereocenters. The van der Waals surface area contributed by atoms with E-state index in [0.717, 1.165) is 5.56 Å². The van der Waals surface area contributed by atoms with E-state index in [1.165, 1.54) is 19.1 Å². The lowest BCUT2D eigenvalue weighted by molar-refractivity contribution is -0.132. The molecule has 6 heteroatoms. The molecule has 6 nitrogen and oxygen atoms in total. The zero-order chi connectivity index (χ0) is 18.8. The topological polar surface area (TPSA) is 93.1 Å². The monoisotopic (exact) mass is 354 g/mol. The molecular weight excluding hydrogens is 336 g/mol. The fourth-order valence-electron chi connectivity index (χ4n) is 2.77. The first-order chi connectivity index (χ1) is 12.4. The van der Waals surface area contributed by atoms with Crippen LogP contribution in [0.3, 0.4) is 0 Å². The maximum atomic E-state index is 12.9. The number of hydrogen-bond donors (Lipinski definition) is 2. The number of carboxylic acids is 1. The number of phenolic OH excluding ortho intramolecular Hbond substituents is 1. The van der Waals surface area contributed by atoms with Crippen molar-refractivity contribution in [1.29, 1.82) is 0 Å². The molecule has 0 aromatic heterocycles. The number of hydrogen-bond acceptors (Lipinski definition) is 5. The molecule has 0 spiro atoms. The van der Waals surface area contributed by atoms with Gasteiger partial charge in [-0.25, -0.2) is 4.79 Å². The average molecular weight is 354 g/mol. The second-order valence-electron chi connectivity index (χ2n) is 6.06. The summed E-state index contributed by atoms with van der Waals surface area (Å²) < 4.78 is 11.4. The fourth-order valence-corrected chi connectivity index (χ4v) is 2.77. The molecule has 1 aliphatic rings. The SMILES string of the molecule is C/C(=C/COc1cccc2c1COc1cc(C)cc(O)c1C2=O)C(=O)O. The normalized spacial score (nSPS) is 13.3. The zero-order valence-corrected chi connectivity index (χ0v) is 14.4. The Morgan fingerprint density at radius 1 is 1.35 bits per heavy atom. The highest BCUT2D eigenvalue weighted by molar-refractivity contribution is 6.14. The Hall–Kier alpha value is -3.28. The number of carbonyl (C=O) groups excluding carboxylic acids is 1. The van der Waals surface area contributed by atoms with Gasteiger partial charge >= 0.3 is 5.97 Å². The van der Waals surface area contributed by atoms with Crippen molar-refractivity contribution in [3.8, 4) is 17.2 Å². The third-order valence-corrected chi connectivity index (χ3v) is 4.17. The highest BCUT2D eigenvalue weighted by Gasteiger charge is 2.27. The maximum absolute atomic E-state index is 12.9. The molecule has 2 aromatic carbocycles. The van der Waals surface area contributed by atoms with Gasteiger partial charge in [-0.15, -0.1) is 0 Å². The molecule has 0 unspecified atom stereocenters. The van der Waals surface area contributed by atoms with Gasteiger partial charge in [0.25, 0.3) is 0 Å². The van der Waals surface area contributed by atoms with Gasteiger partial charge in [0.05, 0.1) is 0 Å². The summed E-state index contributed by atoms with van der Waals surface area (Å²) in [5.41, 5.74) is 2.04. The predicted octanol–water partition coefficient (Wildman–Crippen LogP) is 3.23. The van der Waals surface area contributed by atoms with Crippen molar-refractivity contribution in [2.45, 2.75) is 20.5 Å². The van der Waals surface area contributed by atoms with Gasteiger partial charge in [-0.3, -0.25) is 4.79 Å². The van der Waals surface area contributed by atoms with Crippen LogP contribution in [0.1, 0.15) is 34.0 Å². The van der Waals surface area contributed by atoms with E-state index < -0.39 is 5.97 Å². The van der Waals surface area contributed by atoms with Crippen LogP contribution in [0.25, 0.3) is 0 Å². The molecule has 0 fully saturated rings. The van der Waals surface area contributed by atoms with Gasteiger partial charge in [-0.05, 0) is 43.7 Å². The quantitative estimate of drug-likeness (QED) is 0.819. The Balaban J connectivity index is 1.96. The number of carbonyl (C=O) groups is 2. The third kappa shape index (κ3) is 3.26. The van der Waals surface area contributed by atoms with Gasteiger partial charge in [-0.1, -0.05) is 12.1 Å². The number of ketones is 1. The first-order valence-electron chi connectivity index (χ1n) is 8.04. The molecule has 26 heavy (non-hydrogen) atoms. The molecule has 2 aromatic rings. The molecule has 0 saturated heterocycles. The smallest absolute Gasteiger partial charge is 0.331 e. The summed E-state index contributed by atoms with van der Waals surface area (Å²) in [6.45, 7) is 3.44. The standard InChI is InChI=1S/C20H18O6/c1-11-8-15(21)18-17(9-11)26-10-14-13(19(18)22)4-3-5-16(14)25-7-6-12(2)20(23)24/h3-6,8-9,21H,7,10H2,1-2H3,(H,23,24)/b12-6-. The first-order valence-corrected chi connectivity index (χ1v) is 8.04. The van der Waals surface area contributed by atoms with Crippen LogP contribution in [0.4, 0.5) is 0 Å². The van der Waals surface area contributed by atoms with Crippen LogP contribution < -0.4 is 9.47 Å². The van der Waals surface area contributed by atoms with E-state index >= 15 is 0 Å². The summed E-state index contributed by atoms with van der Waals surface area (Å²) in [4.78, 5) is 23.7. The van der Waals surface area contributed by atoms with Gasteiger partial charge in [0.1, 0.15) is 36.0 Å². The molecule has 1 aliphatic heterocycles. The first kappa shape index (κ1) is 17.5. The summed E-state index contributed by atoms with van der Waals surface area (Å²) in [6.07, 6.45) is 1.45. The third-order valence-electron chi connectivity index (χ3n) is 4.17. The number of rotatable bonds is 4. The molecule has 3 rings (SSSR count). The number of ether oxygens (including phenoxy) is 2. The Morgan fingerprint density at radius 2 is 2.12 bits per heavy atom. The fraction of sp³-hybridized carbons (Fsp3) is 0.200. The number of fused-ring (bicyclic) bond motifs is 2. The lowest BCUT2D eigenvalue weighted by atomic mass is 9.97. The van der Waals surface area contributed by atoms with Crippen LogP contribution in [0.15, 0.2) is 42.0 Å². The minimum Gasteiger partial charge on any atom is -0.507 e. The highest BCUT2D eigenvalue weighted by atomic mass is 16.5. The van der Waals surface area contributed by atoms with Crippen LogP contribution in [-0.4, -0.2) is 28.6 Å². The average Bonchev–Trinajstić information content (AvgIpc) is 2.72. The van der Waals surface area contributed by atoms with Crippen LogP contribution >= 0.6 is 0 Å². The van der Waals surface area contributed by atoms with Crippen LogP contribution in [0.2, 0.25) is 0 Å². The molecule has 0 aliphatic carbocycles. The molecule has 0 saturated carbocycles. The number of phenols is 1. The van der Waals surface area contributed by atoms with Crippen molar-refractivity contribution in [2.24, 2.45) is 0 Å². The van der Waals surface area contributed by atoms with Crippen molar-refractivity contribution in [3.63, 3.8) is 0 Å². The maximum Gasteiger partial charge on any atom is 0.331 e. The number of aliphatic carboxylic acids is 1. The van der Waals surface area contributed by atoms with Crippen molar-refractivity contribution in [3.05, 3.63) is 64.2 Å². The van der Waals surface area contributed by atoms with Crippen LogP contribution in [-0.2, 0) is 11.4 Å². The van der Waals surface area contributed by atoms with Gasteiger partial charge in [0.15, 0.2) is 0 Å². The van der Waals surface area contributed by atoms with E-state index in [0.29, 0.717) is 22.6 Å². The highest BCUT2D eigenvalue weighted by Crippen LogP contribution is 2.37. The molecular formula is C20H18O6. The predicted molar refractivity (Wildman–Crippen MR) is 93.9 cm³/mol. The van der Waals surface area contributed by atoms with E-state index in [4.69, 9.17) is 14.6 Å². The molecule has 0 bridgehead atoms. The number of benzene rings is 2. The Bertz CT molecular complexity index is 926. The van der Waals surface area contributed by atoms with Gasteiger partial charge < -0.3 is 19.7 Å². The minimum atomic E-state index is -1.01. The van der Waals surface area contributed by atoms with Crippen molar-refractivity contribution in [1.82, 2.24) is 0 Å². The molecule has 0 radical (unpaired) electrons. The number of carboxylic acid groups (broad SMARTS) is 1. The Labute approximate surface area is 150 Å². The molecule has 2 N–H and O–H groups in total. The number of aromatic hydroxyl groups is 1. The molecule has 134 valence electrons. The van der Waals surface area contributed by atoms with Crippen LogP contribution in [0, 0.1) is 6.92 Å². The summed E-state index contributed by atoms with van der Waals surface area (Å²) >= 11 is 0. The zero-order valence-electron chi connectivity index (χ0n) is 14.4. The van der Waals surface area contributed by atoms with Crippen molar-refractivity contribution in [2.75, 3.05) is 6.61 Å². The second-order valence-corrected chi connectivity index (χ2v) is 6.06. The minimum absolute atomic E-state index is 0.0556. The van der Waals surface area contributed by atoms with E-state index in [1.807, 2.05) is 0 Å². The summed E-state index contributed by atoms with van der Waals surface area (Å²) in [5.74, 6) is -0.706. The van der Waals surface area contributed by atoms with Crippen molar-refractivity contribution < 1.29 is 29.3 Å². The Morgan fingerprint density at radius 3 is 2.85 bits per heavy atom. The van der Waals surface area contributed by atoms with Crippen molar-refractivity contribution >= 4 is 11.8 Å². The number of aryl methyl sites for hydroxylation is 1. The molecule has 0 amide bonds. The summed E-state index contributed by atoms with van der Waals surface area (Å²) in [6, 6.07) is 8.25. The Kier molecular flexibility index (Phi) is 4.67. The van der Waals surface area contributed by atoms with E-state index in [2.05, 4.69) is 0 Å². The van der Waals surface area contributed by atoms with Gasteiger partial charge in [0, 0.05) is 16.7 Å². The van der Waals surface area contributed by atoms with Crippen LogP contribution in [0.5, 0.6) is 17.2 Å². The van der Waals surface area contributed by atoms with E-state index in [9.17, 15) is 14.7 Å². The van der Waals surface area contributed by atoms with E-state index in [-0.39, 0.29) is 35.9 Å². The summed E-state index contributed by atoms with van der Waals surface area (Å²) in [7, 11) is 0. The van der Waals surface area contributed by atoms with E-state index in [1.54, 1.807) is 31.2 Å². The van der Waals surface area contributed by atoms with Gasteiger partial charge in [0.2, 0.25) is 5.78 Å². The lowest BCUT2D eigenvalue weighted by Gasteiger charge is -2.12. The molecule has 1 heterocycles. The summed E-state index contributed by atoms with van der Waals surface area (Å²) in [5, 5.41) is 19.1.